The molecule has 0 aromatic heterocycles. The van der Waals surface area contributed by atoms with Gasteiger partial charge in [-0.3, -0.25) is 0 Å². The zero-order chi connectivity index (χ0) is 13.1. The van der Waals surface area contributed by atoms with E-state index < -0.39 is 0 Å². The zero-order valence-corrected chi connectivity index (χ0v) is 10.8. The Kier molecular flexibility index (Phi) is 3.20. The van der Waals surface area contributed by atoms with Gasteiger partial charge in [-0.05, 0) is 35.6 Å². The molecule has 0 radical (unpaired) electrons. The molecule has 0 spiro atoms. The molecule has 1 heteroatoms. The third-order valence-electron chi connectivity index (χ3n) is 3.46. The molecule has 19 heavy (non-hydrogen) atoms. The summed E-state index contributed by atoms with van der Waals surface area (Å²) in [6.45, 7) is 0. The van der Waals surface area contributed by atoms with Crippen LogP contribution >= 0.6 is 0 Å². The lowest BCUT2D eigenvalue weighted by atomic mass is 9.96. The monoisotopic (exact) mass is 247 g/mol. The number of rotatable bonds is 2. The maximum Gasteiger partial charge on any atom is 0.0399 e. The predicted molar refractivity (Wildman–Crippen MR) is 82.6 cm³/mol. The van der Waals surface area contributed by atoms with Gasteiger partial charge < -0.3 is 5.73 Å². The molecule has 0 fully saturated rings. The van der Waals surface area contributed by atoms with Crippen LogP contribution in [0.4, 0.5) is 5.69 Å². The minimum atomic E-state index is 0.837. The topological polar surface area (TPSA) is 26.0 Å². The highest BCUT2D eigenvalue weighted by molar-refractivity contribution is 5.83. The molecule has 0 aliphatic heterocycles. The van der Waals surface area contributed by atoms with Gasteiger partial charge in [0.25, 0.3) is 0 Å². The number of nitrogens with two attached hydrogens (primary N) is 1. The van der Waals surface area contributed by atoms with Gasteiger partial charge in [-0.15, -0.1) is 0 Å². The number of anilines is 1. The van der Waals surface area contributed by atoms with Gasteiger partial charge >= 0.3 is 0 Å². The van der Waals surface area contributed by atoms with Crippen molar-refractivity contribution in [3.63, 3.8) is 0 Å². The Balaban J connectivity index is 1.99. The lowest BCUT2D eigenvalue weighted by Gasteiger charge is -2.11. The van der Waals surface area contributed by atoms with E-state index in [2.05, 4.69) is 48.6 Å². The van der Waals surface area contributed by atoms with Gasteiger partial charge in [0, 0.05) is 11.3 Å². The van der Waals surface area contributed by atoms with E-state index in [1.54, 1.807) is 0 Å². The molecule has 3 rings (SSSR count). The SMILES string of the molecule is Nc1cc(C2=CCCC=C2)ccc1-c1ccccc1. The van der Waals surface area contributed by atoms with Crippen LogP contribution in [0.15, 0.2) is 66.8 Å². The standard InChI is InChI=1S/C18H17N/c19-18-13-16(14-7-3-1-4-8-14)11-12-17(18)15-9-5-2-6-10-15/h2-3,5-13H,1,4,19H2. The summed E-state index contributed by atoms with van der Waals surface area (Å²) in [4.78, 5) is 0. The summed E-state index contributed by atoms with van der Waals surface area (Å²) >= 11 is 0. The molecule has 0 bridgehead atoms. The van der Waals surface area contributed by atoms with Crippen LogP contribution in [0.5, 0.6) is 0 Å². The van der Waals surface area contributed by atoms with Crippen LogP contribution in [0.3, 0.4) is 0 Å². The summed E-state index contributed by atoms with van der Waals surface area (Å²) in [5.74, 6) is 0. The summed E-state index contributed by atoms with van der Waals surface area (Å²) in [5, 5.41) is 0. The first-order valence-corrected chi connectivity index (χ1v) is 6.66. The first kappa shape index (κ1) is 11.8. The van der Waals surface area contributed by atoms with E-state index in [0.29, 0.717) is 0 Å². The molecule has 0 heterocycles. The van der Waals surface area contributed by atoms with Crippen molar-refractivity contribution in [3.8, 4) is 11.1 Å². The highest BCUT2D eigenvalue weighted by Crippen LogP contribution is 2.30. The van der Waals surface area contributed by atoms with Gasteiger partial charge in [0.1, 0.15) is 0 Å². The van der Waals surface area contributed by atoms with Gasteiger partial charge in [0.2, 0.25) is 0 Å². The molecule has 0 saturated heterocycles. The summed E-state index contributed by atoms with van der Waals surface area (Å²) in [7, 11) is 0. The van der Waals surface area contributed by atoms with Crippen molar-refractivity contribution < 1.29 is 0 Å². The van der Waals surface area contributed by atoms with Crippen molar-refractivity contribution >= 4 is 11.3 Å². The Labute approximate surface area is 114 Å². The fraction of sp³-hybridized carbons (Fsp3) is 0.111. The minimum Gasteiger partial charge on any atom is -0.398 e. The van der Waals surface area contributed by atoms with E-state index in [0.717, 1.165) is 24.1 Å². The summed E-state index contributed by atoms with van der Waals surface area (Å²) < 4.78 is 0. The predicted octanol–water partition coefficient (Wildman–Crippen LogP) is 4.67. The first-order valence-electron chi connectivity index (χ1n) is 6.66. The Morgan fingerprint density at radius 2 is 1.68 bits per heavy atom. The smallest absolute Gasteiger partial charge is 0.0399 e. The van der Waals surface area contributed by atoms with Crippen molar-refractivity contribution in [2.24, 2.45) is 0 Å². The van der Waals surface area contributed by atoms with Crippen molar-refractivity contribution in [2.75, 3.05) is 5.73 Å². The zero-order valence-electron chi connectivity index (χ0n) is 10.8. The molecule has 1 aliphatic carbocycles. The van der Waals surface area contributed by atoms with Crippen molar-refractivity contribution in [1.82, 2.24) is 0 Å². The van der Waals surface area contributed by atoms with E-state index in [1.807, 2.05) is 18.2 Å². The van der Waals surface area contributed by atoms with E-state index in [4.69, 9.17) is 5.73 Å². The minimum absolute atomic E-state index is 0.837. The van der Waals surface area contributed by atoms with Crippen molar-refractivity contribution in [2.45, 2.75) is 12.8 Å². The molecule has 0 saturated carbocycles. The van der Waals surface area contributed by atoms with Crippen LogP contribution < -0.4 is 5.73 Å². The quantitative estimate of drug-likeness (QED) is 0.767. The molecule has 1 nitrogen and oxygen atoms in total. The van der Waals surface area contributed by atoms with Crippen molar-refractivity contribution in [3.05, 3.63) is 72.3 Å². The molecule has 2 N–H and O–H groups in total. The van der Waals surface area contributed by atoms with Crippen LogP contribution in [0.1, 0.15) is 18.4 Å². The fourth-order valence-corrected chi connectivity index (χ4v) is 2.45. The number of hydrogen-bond acceptors (Lipinski definition) is 1. The second kappa shape index (κ2) is 5.15. The van der Waals surface area contributed by atoms with E-state index in [1.165, 1.54) is 16.7 Å². The van der Waals surface area contributed by atoms with Gasteiger partial charge in [0.05, 0.1) is 0 Å². The van der Waals surface area contributed by atoms with Crippen LogP contribution in [0, 0.1) is 0 Å². The normalized spacial score (nSPS) is 14.2. The van der Waals surface area contributed by atoms with E-state index >= 15 is 0 Å². The molecule has 0 unspecified atom stereocenters. The molecule has 2 aromatic carbocycles. The summed E-state index contributed by atoms with van der Waals surface area (Å²) in [6, 6.07) is 16.6. The van der Waals surface area contributed by atoms with Gasteiger partial charge in [-0.25, -0.2) is 0 Å². The number of nitrogen functional groups attached to an aromatic ring is 1. The average molecular weight is 247 g/mol. The molecular formula is C18H17N. The Morgan fingerprint density at radius 1 is 0.842 bits per heavy atom. The van der Waals surface area contributed by atoms with Gasteiger partial charge in [0.15, 0.2) is 0 Å². The van der Waals surface area contributed by atoms with Crippen LogP contribution in [0.2, 0.25) is 0 Å². The fourth-order valence-electron chi connectivity index (χ4n) is 2.45. The molecule has 0 amide bonds. The molecule has 94 valence electrons. The number of benzene rings is 2. The first-order chi connectivity index (χ1) is 9.34. The van der Waals surface area contributed by atoms with Gasteiger partial charge in [-0.2, -0.15) is 0 Å². The lowest BCUT2D eigenvalue weighted by molar-refractivity contribution is 1.04. The number of hydrogen-bond donors (Lipinski definition) is 1. The van der Waals surface area contributed by atoms with E-state index in [9.17, 15) is 0 Å². The van der Waals surface area contributed by atoms with Gasteiger partial charge in [-0.1, -0.05) is 60.7 Å². The Hall–Kier alpha value is -2.28. The largest absolute Gasteiger partial charge is 0.398 e. The second-order valence-corrected chi connectivity index (χ2v) is 4.81. The Morgan fingerprint density at radius 3 is 2.37 bits per heavy atom. The Bertz CT molecular complexity index is 636. The third-order valence-corrected chi connectivity index (χ3v) is 3.46. The number of allylic oxidation sites excluding steroid dienone is 4. The maximum atomic E-state index is 6.21. The molecular weight excluding hydrogens is 230 g/mol. The molecule has 2 aromatic rings. The summed E-state index contributed by atoms with van der Waals surface area (Å²) in [5.41, 5.74) is 11.8. The van der Waals surface area contributed by atoms with E-state index in [-0.39, 0.29) is 0 Å². The summed E-state index contributed by atoms with van der Waals surface area (Å²) in [6.07, 6.45) is 8.93. The van der Waals surface area contributed by atoms with Crippen molar-refractivity contribution in [1.29, 1.82) is 0 Å². The highest BCUT2D eigenvalue weighted by atomic mass is 14.6. The average Bonchev–Trinajstić information content (AvgIpc) is 2.49. The highest BCUT2D eigenvalue weighted by Gasteiger charge is 2.06. The molecule has 1 aliphatic rings. The third kappa shape index (κ3) is 2.45. The lowest BCUT2D eigenvalue weighted by Crippen LogP contribution is -1.93. The maximum absolute atomic E-state index is 6.21. The van der Waals surface area contributed by atoms with Crippen LogP contribution in [-0.2, 0) is 0 Å². The second-order valence-electron chi connectivity index (χ2n) is 4.81. The molecule has 0 atom stereocenters. The van der Waals surface area contributed by atoms with Crippen LogP contribution in [-0.4, -0.2) is 0 Å². The van der Waals surface area contributed by atoms with Crippen LogP contribution in [0.25, 0.3) is 16.7 Å².